The van der Waals surface area contributed by atoms with Gasteiger partial charge in [-0.2, -0.15) is 5.10 Å². The minimum atomic E-state index is 0.0914. The van der Waals surface area contributed by atoms with Crippen molar-refractivity contribution >= 4 is 28.4 Å². The zero-order valence-corrected chi connectivity index (χ0v) is 19.6. The van der Waals surface area contributed by atoms with E-state index in [0.29, 0.717) is 36.5 Å². The maximum atomic E-state index is 7.17. The normalized spacial score (nSPS) is 17.9. The topological polar surface area (TPSA) is 144 Å². The first kappa shape index (κ1) is 23.1. The summed E-state index contributed by atoms with van der Waals surface area (Å²) in [6.07, 6.45) is 11.6. The van der Waals surface area contributed by atoms with E-state index in [-0.39, 0.29) is 11.9 Å². The van der Waals surface area contributed by atoms with Gasteiger partial charge in [-0.25, -0.2) is 20.5 Å². The number of hydrogen-bond donors (Lipinski definition) is 3. The number of anilines is 2. The van der Waals surface area contributed by atoms with Gasteiger partial charge in [0.15, 0.2) is 5.84 Å². The van der Waals surface area contributed by atoms with Gasteiger partial charge in [-0.05, 0) is 43.0 Å². The van der Waals surface area contributed by atoms with E-state index in [1.807, 2.05) is 24.5 Å². The monoisotopic (exact) mass is 474 g/mol. The molecule has 35 heavy (non-hydrogen) atoms. The van der Waals surface area contributed by atoms with Gasteiger partial charge in [0.05, 0.1) is 24.1 Å². The van der Waals surface area contributed by atoms with Crippen LogP contribution in [0.1, 0.15) is 62.0 Å². The number of amidine groups is 1. The van der Waals surface area contributed by atoms with E-state index in [0.717, 1.165) is 42.3 Å². The van der Waals surface area contributed by atoms with Crippen LogP contribution in [-0.4, -0.2) is 40.1 Å². The van der Waals surface area contributed by atoms with Crippen LogP contribution in [0.5, 0.6) is 5.88 Å². The SMILES string of the molecule is N=N/C(=N\N)c1ccc(Nc2ncc3c(OC4CCOCC4)ncc(C4CCCCC4)c3n2)cc1. The van der Waals surface area contributed by atoms with Crippen LogP contribution in [0, 0.1) is 5.53 Å². The number of pyridine rings is 1. The number of aromatic nitrogens is 3. The van der Waals surface area contributed by atoms with Crippen molar-refractivity contribution in [3.8, 4) is 5.88 Å². The highest BCUT2D eigenvalue weighted by molar-refractivity contribution is 5.99. The fourth-order valence-electron chi connectivity index (χ4n) is 4.84. The van der Waals surface area contributed by atoms with Gasteiger partial charge in [0, 0.05) is 42.0 Å². The number of ether oxygens (including phenoxy) is 2. The van der Waals surface area contributed by atoms with Gasteiger partial charge in [-0.15, -0.1) is 5.11 Å². The van der Waals surface area contributed by atoms with Gasteiger partial charge in [-0.3, -0.25) is 0 Å². The molecule has 1 aliphatic heterocycles. The highest BCUT2D eigenvalue weighted by Gasteiger charge is 2.23. The second kappa shape index (κ2) is 10.7. The number of nitrogens with zero attached hydrogens (tertiary/aromatic N) is 5. The Kier molecular flexibility index (Phi) is 7.08. The van der Waals surface area contributed by atoms with Crippen molar-refractivity contribution in [2.45, 2.75) is 57.0 Å². The fraction of sp³-hybridized carbons (Fsp3) is 0.440. The highest BCUT2D eigenvalue weighted by Crippen LogP contribution is 2.38. The molecule has 182 valence electrons. The molecule has 1 saturated carbocycles. The predicted molar refractivity (Wildman–Crippen MR) is 133 cm³/mol. The lowest BCUT2D eigenvalue weighted by Crippen LogP contribution is -2.26. The van der Waals surface area contributed by atoms with Gasteiger partial charge in [0.2, 0.25) is 11.8 Å². The Morgan fingerprint density at radius 1 is 1.03 bits per heavy atom. The van der Waals surface area contributed by atoms with E-state index in [2.05, 4.69) is 20.5 Å². The molecule has 2 aromatic heterocycles. The average Bonchev–Trinajstić information content (AvgIpc) is 2.91. The summed E-state index contributed by atoms with van der Waals surface area (Å²) in [5.41, 5.74) is 10.7. The summed E-state index contributed by atoms with van der Waals surface area (Å²) in [5.74, 6) is 7.00. The first-order chi connectivity index (χ1) is 17.2. The molecule has 5 rings (SSSR count). The largest absolute Gasteiger partial charge is 0.474 e. The Morgan fingerprint density at radius 3 is 2.51 bits per heavy atom. The summed E-state index contributed by atoms with van der Waals surface area (Å²) in [6.45, 7) is 1.42. The van der Waals surface area contributed by atoms with Gasteiger partial charge in [0.25, 0.3) is 0 Å². The van der Waals surface area contributed by atoms with E-state index in [1.165, 1.54) is 24.8 Å². The van der Waals surface area contributed by atoms with Crippen LogP contribution >= 0.6 is 0 Å². The van der Waals surface area contributed by atoms with Crippen LogP contribution in [-0.2, 0) is 4.74 Å². The Hall–Kier alpha value is -3.66. The number of nitrogens with two attached hydrogens (primary N) is 1. The smallest absolute Gasteiger partial charge is 0.227 e. The molecule has 0 spiro atoms. The second-order valence-corrected chi connectivity index (χ2v) is 9.01. The Bertz CT molecular complexity index is 1200. The lowest BCUT2D eigenvalue weighted by Gasteiger charge is -2.25. The number of benzene rings is 1. The molecule has 0 amide bonds. The van der Waals surface area contributed by atoms with Gasteiger partial charge in [-0.1, -0.05) is 19.3 Å². The number of fused-ring (bicyclic) bond motifs is 1. The van der Waals surface area contributed by atoms with E-state index in [9.17, 15) is 0 Å². The average molecular weight is 475 g/mol. The van der Waals surface area contributed by atoms with Gasteiger partial charge >= 0.3 is 0 Å². The maximum Gasteiger partial charge on any atom is 0.227 e. The van der Waals surface area contributed by atoms with Crippen LogP contribution in [0.2, 0.25) is 0 Å². The molecule has 0 atom stereocenters. The first-order valence-corrected chi connectivity index (χ1v) is 12.2. The summed E-state index contributed by atoms with van der Waals surface area (Å²) in [5, 5.41) is 11.0. The molecule has 4 N–H and O–H groups in total. The van der Waals surface area contributed by atoms with Gasteiger partial charge in [0.1, 0.15) is 6.10 Å². The van der Waals surface area contributed by atoms with Crippen molar-refractivity contribution in [1.29, 1.82) is 5.53 Å². The summed E-state index contributed by atoms with van der Waals surface area (Å²) in [4.78, 5) is 14.2. The maximum absolute atomic E-state index is 7.17. The van der Waals surface area contributed by atoms with E-state index in [4.69, 9.17) is 30.8 Å². The van der Waals surface area contributed by atoms with Crippen molar-refractivity contribution in [1.82, 2.24) is 15.0 Å². The number of rotatable bonds is 6. The van der Waals surface area contributed by atoms with Crippen LogP contribution in [0.3, 0.4) is 0 Å². The molecule has 1 saturated heterocycles. The minimum absolute atomic E-state index is 0.0914. The molecule has 0 bridgehead atoms. The molecular formula is C25H30N8O2. The number of hydrogen-bond acceptors (Lipinski definition) is 9. The van der Waals surface area contributed by atoms with Crippen molar-refractivity contribution in [2.24, 2.45) is 16.1 Å². The molecule has 0 radical (unpaired) electrons. The number of hydrazone groups is 1. The van der Waals surface area contributed by atoms with Crippen molar-refractivity contribution in [2.75, 3.05) is 18.5 Å². The number of nitrogens with one attached hydrogen (secondary N) is 2. The van der Waals surface area contributed by atoms with E-state index < -0.39 is 0 Å². The van der Waals surface area contributed by atoms with E-state index >= 15 is 0 Å². The molecule has 3 aromatic rings. The zero-order chi connectivity index (χ0) is 24.0. The van der Waals surface area contributed by atoms with Crippen LogP contribution in [0.4, 0.5) is 11.6 Å². The summed E-state index contributed by atoms with van der Waals surface area (Å²) in [6, 6.07) is 7.30. The Morgan fingerprint density at radius 2 is 1.80 bits per heavy atom. The van der Waals surface area contributed by atoms with Crippen molar-refractivity contribution in [3.63, 3.8) is 0 Å². The van der Waals surface area contributed by atoms with E-state index in [1.54, 1.807) is 12.1 Å². The molecule has 2 fully saturated rings. The van der Waals surface area contributed by atoms with Crippen LogP contribution in [0.15, 0.2) is 46.9 Å². The second-order valence-electron chi connectivity index (χ2n) is 9.01. The summed E-state index contributed by atoms with van der Waals surface area (Å²) in [7, 11) is 0. The lowest BCUT2D eigenvalue weighted by atomic mass is 9.84. The molecule has 10 nitrogen and oxygen atoms in total. The summed E-state index contributed by atoms with van der Waals surface area (Å²) >= 11 is 0. The Balaban J connectivity index is 1.46. The molecule has 3 heterocycles. The molecule has 1 aliphatic carbocycles. The molecule has 10 heteroatoms. The van der Waals surface area contributed by atoms with Crippen molar-refractivity contribution < 1.29 is 9.47 Å². The third kappa shape index (κ3) is 5.22. The Labute approximate surface area is 203 Å². The van der Waals surface area contributed by atoms with Gasteiger partial charge < -0.3 is 20.6 Å². The van der Waals surface area contributed by atoms with Crippen molar-refractivity contribution in [3.05, 3.63) is 47.8 Å². The third-order valence-corrected chi connectivity index (χ3v) is 6.73. The third-order valence-electron chi connectivity index (χ3n) is 6.73. The molecule has 2 aliphatic rings. The molecule has 1 aromatic carbocycles. The highest BCUT2D eigenvalue weighted by atomic mass is 16.5. The summed E-state index contributed by atoms with van der Waals surface area (Å²) < 4.78 is 11.8. The zero-order valence-electron chi connectivity index (χ0n) is 19.6. The quantitative estimate of drug-likeness (QED) is 0.149. The van der Waals surface area contributed by atoms with Crippen LogP contribution < -0.4 is 15.9 Å². The lowest BCUT2D eigenvalue weighted by molar-refractivity contribution is 0.0244. The first-order valence-electron chi connectivity index (χ1n) is 12.2. The minimum Gasteiger partial charge on any atom is -0.474 e. The molecule has 0 unspecified atom stereocenters. The fourth-order valence-corrected chi connectivity index (χ4v) is 4.84. The molecular weight excluding hydrogens is 444 g/mol. The van der Waals surface area contributed by atoms with Crippen LogP contribution in [0.25, 0.3) is 10.9 Å². The standard InChI is InChI=1S/C25H30N8O2/c26-32-23(33-27)17-6-8-18(9-7-17)30-25-29-15-21-22(31-25)20(16-4-2-1-3-5-16)14-28-24(21)35-19-10-12-34-13-11-19/h6-9,14-16,19,26H,1-5,10-13,27H2,(H,29,30,31)/b32-26?,33-23-. The predicted octanol–water partition coefficient (Wildman–Crippen LogP) is 5.03.